The lowest BCUT2D eigenvalue weighted by atomic mass is 10.3. The van der Waals surface area contributed by atoms with Crippen molar-refractivity contribution in [3.63, 3.8) is 0 Å². The maximum absolute atomic E-state index is 11.3. The van der Waals surface area contributed by atoms with E-state index in [0.29, 0.717) is 25.7 Å². The predicted molar refractivity (Wildman–Crippen MR) is 54.4 cm³/mol. The molecule has 1 amide bonds. The van der Waals surface area contributed by atoms with Crippen molar-refractivity contribution < 1.29 is 4.79 Å². The standard InChI is InChI=1S/C9H21N3O/c1-4-12(8(2)3)7-9(13)11-6-5-10/h8H,4-7,10H2,1-3H3,(H,11,13). The first kappa shape index (κ1) is 12.4. The van der Waals surface area contributed by atoms with E-state index in [2.05, 4.69) is 31.0 Å². The SMILES string of the molecule is CCN(CC(=O)NCCN)C(C)C. The van der Waals surface area contributed by atoms with Crippen LogP contribution in [0.3, 0.4) is 0 Å². The summed E-state index contributed by atoms with van der Waals surface area (Å²) in [7, 11) is 0. The van der Waals surface area contributed by atoms with Crippen LogP contribution in [0.15, 0.2) is 0 Å². The van der Waals surface area contributed by atoms with Crippen molar-refractivity contribution in [2.75, 3.05) is 26.2 Å². The van der Waals surface area contributed by atoms with Gasteiger partial charge in [0.1, 0.15) is 0 Å². The van der Waals surface area contributed by atoms with Crippen LogP contribution in [-0.4, -0.2) is 43.0 Å². The summed E-state index contributed by atoms with van der Waals surface area (Å²) >= 11 is 0. The molecule has 0 aromatic carbocycles. The Bertz CT molecular complexity index is 148. The van der Waals surface area contributed by atoms with Gasteiger partial charge in [-0.3, -0.25) is 9.69 Å². The van der Waals surface area contributed by atoms with Crippen LogP contribution in [0.5, 0.6) is 0 Å². The van der Waals surface area contributed by atoms with Crippen LogP contribution in [0.1, 0.15) is 20.8 Å². The highest BCUT2D eigenvalue weighted by Crippen LogP contribution is 1.95. The predicted octanol–water partition coefficient (Wildman–Crippen LogP) is -0.208. The number of nitrogens with two attached hydrogens (primary N) is 1. The third-order valence-electron chi connectivity index (χ3n) is 1.95. The number of rotatable bonds is 6. The molecule has 0 aromatic heterocycles. The van der Waals surface area contributed by atoms with Crippen LogP contribution in [0, 0.1) is 0 Å². The zero-order valence-electron chi connectivity index (χ0n) is 8.84. The molecular formula is C9H21N3O. The Morgan fingerprint density at radius 2 is 2.15 bits per heavy atom. The van der Waals surface area contributed by atoms with Crippen molar-refractivity contribution in [1.82, 2.24) is 10.2 Å². The zero-order valence-corrected chi connectivity index (χ0v) is 8.84. The quantitative estimate of drug-likeness (QED) is 0.605. The molecule has 0 aliphatic carbocycles. The largest absolute Gasteiger partial charge is 0.354 e. The van der Waals surface area contributed by atoms with Gasteiger partial charge in [-0.2, -0.15) is 0 Å². The second-order valence-corrected chi connectivity index (χ2v) is 3.30. The lowest BCUT2D eigenvalue weighted by Crippen LogP contribution is -2.41. The van der Waals surface area contributed by atoms with Gasteiger partial charge in [-0.15, -0.1) is 0 Å². The van der Waals surface area contributed by atoms with Gasteiger partial charge >= 0.3 is 0 Å². The van der Waals surface area contributed by atoms with E-state index >= 15 is 0 Å². The van der Waals surface area contributed by atoms with Gasteiger partial charge in [0.25, 0.3) is 0 Å². The first-order valence-electron chi connectivity index (χ1n) is 4.82. The summed E-state index contributed by atoms with van der Waals surface area (Å²) in [5.74, 6) is 0.0565. The number of amides is 1. The van der Waals surface area contributed by atoms with Gasteiger partial charge in [0.05, 0.1) is 6.54 Å². The molecule has 0 unspecified atom stereocenters. The molecule has 3 N–H and O–H groups in total. The van der Waals surface area contributed by atoms with Crippen LogP contribution in [-0.2, 0) is 4.79 Å². The van der Waals surface area contributed by atoms with Gasteiger partial charge in [0.15, 0.2) is 0 Å². The normalized spacial score (nSPS) is 10.9. The fraction of sp³-hybridized carbons (Fsp3) is 0.889. The van der Waals surface area contributed by atoms with E-state index in [9.17, 15) is 4.79 Å². The summed E-state index contributed by atoms with van der Waals surface area (Å²) in [5, 5.41) is 2.75. The lowest BCUT2D eigenvalue weighted by Gasteiger charge is -2.23. The Morgan fingerprint density at radius 1 is 1.54 bits per heavy atom. The molecule has 4 nitrogen and oxygen atoms in total. The molecule has 0 bridgehead atoms. The molecule has 0 rings (SSSR count). The van der Waals surface area contributed by atoms with Crippen molar-refractivity contribution in [3.05, 3.63) is 0 Å². The molecule has 13 heavy (non-hydrogen) atoms. The van der Waals surface area contributed by atoms with E-state index in [0.717, 1.165) is 6.54 Å². The topological polar surface area (TPSA) is 58.4 Å². The first-order chi connectivity index (χ1) is 6.11. The molecule has 0 aliphatic heterocycles. The van der Waals surface area contributed by atoms with Crippen LogP contribution in [0.4, 0.5) is 0 Å². The Labute approximate surface area is 80.5 Å². The second-order valence-electron chi connectivity index (χ2n) is 3.30. The summed E-state index contributed by atoms with van der Waals surface area (Å²) in [6.07, 6.45) is 0. The fourth-order valence-corrected chi connectivity index (χ4v) is 1.11. The van der Waals surface area contributed by atoms with Crippen LogP contribution in [0.2, 0.25) is 0 Å². The fourth-order valence-electron chi connectivity index (χ4n) is 1.11. The van der Waals surface area contributed by atoms with Crippen molar-refractivity contribution in [1.29, 1.82) is 0 Å². The molecule has 0 saturated carbocycles. The molecule has 0 radical (unpaired) electrons. The summed E-state index contributed by atoms with van der Waals surface area (Å²) in [4.78, 5) is 13.4. The summed E-state index contributed by atoms with van der Waals surface area (Å²) < 4.78 is 0. The smallest absolute Gasteiger partial charge is 0.234 e. The monoisotopic (exact) mass is 187 g/mol. The summed E-state index contributed by atoms with van der Waals surface area (Å²) in [6, 6.07) is 0.411. The number of carbonyl (C=O) groups excluding carboxylic acids is 1. The summed E-state index contributed by atoms with van der Waals surface area (Å²) in [6.45, 7) is 8.64. The Hall–Kier alpha value is -0.610. The molecule has 4 heteroatoms. The van der Waals surface area contributed by atoms with Crippen molar-refractivity contribution in [2.45, 2.75) is 26.8 Å². The average molecular weight is 187 g/mol. The Morgan fingerprint density at radius 3 is 2.54 bits per heavy atom. The maximum Gasteiger partial charge on any atom is 0.234 e. The van der Waals surface area contributed by atoms with Gasteiger partial charge < -0.3 is 11.1 Å². The zero-order chi connectivity index (χ0) is 10.3. The minimum Gasteiger partial charge on any atom is -0.354 e. The third-order valence-corrected chi connectivity index (χ3v) is 1.95. The highest BCUT2D eigenvalue weighted by molar-refractivity contribution is 5.78. The average Bonchev–Trinajstić information content (AvgIpc) is 2.10. The highest BCUT2D eigenvalue weighted by Gasteiger charge is 2.10. The van der Waals surface area contributed by atoms with Crippen molar-refractivity contribution in [3.8, 4) is 0 Å². The Kier molecular flexibility index (Phi) is 6.54. The number of hydrogen-bond donors (Lipinski definition) is 2. The number of hydrogen-bond acceptors (Lipinski definition) is 3. The second kappa shape index (κ2) is 6.86. The minimum atomic E-state index is 0.0565. The van der Waals surface area contributed by atoms with Crippen LogP contribution in [0.25, 0.3) is 0 Å². The molecule has 0 aromatic rings. The number of nitrogens with one attached hydrogen (secondary N) is 1. The van der Waals surface area contributed by atoms with Gasteiger partial charge in [-0.05, 0) is 20.4 Å². The van der Waals surface area contributed by atoms with E-state index in [-0.39, 0.29) is 5.91 Å². The van der Waals surface area contributed by atoms with Crippen LogP contribution >= 0.6 is 0 Å². The molecule has 78 valence electrons. The molecule has 0 atom stereocenters. The minimum absolute atomic E-state index is 0.0565. The van der Waals surface area contributed by atoms with Gasteiger partial charge in [0, 0.05) is 19.1 Å². The first-order valence-corrected chi connectivity index (χ1v) is 4.82. The van der Waals surface area contributed by atoms with Gasteiger partial charge in [-0.25, -0.2) is 0 Å². The van der Waals surface area contributed by atoms with Crippen molar-refractivity contribution >= 4 is 5.91 Å². The van der Waals surface area contributed by atoms with Crippen molar-refractivity contribution in [2.24, 2.45) is 5.73 Å². The van der Waals surface area contributed by atoms with E-state index in [1.807, 2.05) is 0 Å². The van der Waals surface area contributed by atoms with E-state index in [4.69, 9.17) is 5.73 Å². The highest BCUT2D eigenvalue weighted by atomic mass is 16.2. The number of likely N-dealkylation sites (N-methyl/N-ethyl adjacent to an activating group) is 1. The Balaban J connectivity index is 3.73. The molecule has 0 aliphatic rings. The molecule has 0 fully saturated rings. The van der Waals surface area contributed by atoms with E-state index < -0.39 is 0 Å². The molecule has 0 heterocycles. The van der Waals surface area contributed by atoms with Crippen LogP contribution < -0.4 is 11.1 Å². The van der Waals surface area contributed by atoms with E-state index in [1.165, 1.54) is 0 Å². The van der Waals surface area contributed by atoms with Gasteiger partial charge in [0.2, 0.25) is 5.91 Å². The third kappa shape index (κ3) is 5.60. The molecule has 0 saturated heterocycles. The number of carbonyl (C=O) groups is 1. The molecular weight excluding hydrogens is 166 g/mol. The molecule has 0 spiro atoms. The number of nitrogens with zero attached hydrogens (tertiary/aromatic N) is 1. The lowest BCUT2D eigenvalue weighted by molar-refractivity contribution is -0.122. The van der Waals surface area contributed by atoms with Gasteiger partial charge in [-0.1, -0.05) is 6.92 Å². The van der Waals surface area contributed by atoms with E-state index in [1.54, 1.807) is 0 Å². The summed E-state index contributed by atoms with van der Waals surface area (Å²) in [5.41, 5.74) is 5.27. The maximum atomic E-state index is 11.3.